The van der Waals surface area contributed by atoms with Gasteiger partial charge in [-0.2, -0.15) is 9.61 Å². The molecule has 0 spiro atoms. The summed E-state index contributed by atoms with van der Waals surface area (Å²) >= 11 is 0. The molecule has 0 aliphatic heterocycles. The predicted octanol–water partition coefficient (Wildman–Crippen LogP) is 7.38. The standard InChI is InChI=1S/C35H50FN7O4Si2/c1-48(2,3)18-16-46-23-42(24-47-17-19-49(4,5)6)31-20-30(25-8-10-26(11-9-25)32(36)35(44)45)41-34-28(22-40-43(31)34)27-12-13-29(39-21-27)33-37-14-7-15-38-33/h7,12-15,20-22,25-26,32H,8-11,16-19,23-24H2,1-6H3,(H,44,45). The van der Waals surface area contributed by atoms with E-state index in [4.69, 9.17) is 19.6 Å². The van der Waals surface area contributed by atoms with E-state index in [1.54, 1.807) is 30.9 Å². The second-order valence-electron chi connectivity index (χ2n) is 15.4. The Bertz CT molecular complexity index is 1650. The van der Waals surface area contributed by atoms with E-state index in [2.05, 4.69) is 65.2 Å². The number of nitrogens with zero attached hydrogens (tertiary/aromatic N) is 7. The molecule has 0 aromatic carbocycles. The number of aromatic nitrogens is 6. The summed E-state index contributed by atoms with van der Waals surface area (Å²) in [7, 11) is -2.58. The summed E-state index contributed by atoms with van der Waals surface area (Å²) in [6, 6.07) is 9.78. The topological polar surface area (TPSA) is 128 Å². The molecule has 0 radical (unpaired) electrons. The van der Waals surface area contributed by atoms with Crippen LogP contribution in [-0.2, 0) is 14.3 Å². The van der Waals surface area contributed by atoms with Gasteiger partial charge < -0.3 is 19.5 Å². The zero-order valence-electron chi connectivity index (χ0n) is 29.6. The van der Waals surface area contributed by atoms with E-state index in [-0.39, 0.29) is 5.92 Å². The van der Waals surface area contributed by atoms with Crippen molar-refractivity contribution in [2.75, 3.05) is 31.6 Å². The van der Waals surface area contributed by atoms with Gasteiger partial charge in [-0.15, -0.1) is 0 Å². The van der Waals surface area contributed by atoms with Gasteiger partial charge in [-0.3, -0.25) is 4.98 Å². The van der Waals surface area contributed by atoms with Gasteiger partial charge in [-0.05, 0) is 49.9 Å². The number of carboxylic acid groups (broad SMARTS) is 1. The molecule has 4 aromatic rings. The number of carbonyl (C=O) groups is 1. The summed E-state index contributed by atoms with van der Waals surface area (Å²) < 4.78 is 28.8. The molecule has 1 N–H and O–H groups in total. The minimum atomic E-state index is -1.85. The van der Waals surface area contributed by atoms with Gasteiger partial charge in [-0.25, -0.2) is 24.1 Å². The molecule has 4 aromatic heterocycles. The molecule has 5 rings (SSSR count). The number of fused-ring (bicyclic) bond motifs is 1. The van der Waals surface area contributed by atoms with Crippen LogP contribution in [0.4, 0.5) is 10.2 Å². The summed E-state index contributed by atoms with van der Waals surface area (Å²) in [5.41, 5.74) is 3.86. The summed E-state index contributed by atoms with van der Waals surface area (Å²) in [5.74, 6) is -0.486. The van der Waals surface area contributed by atoms with Crippen molar-refractivity contribution in [3.63, 3.8) is 0 Å². The number of alkyl halides is 1. The van der Waals surface area contributed by atoms with Crippen LogP contribution in [-0.4, -0.2) is 89.6 Å². The highest BCUT2D eigenvalue weighted by molar-refractivity contribution is 6.76. The van der Waals surface area contributed by atoms with Gasteiger partial charge in [0.1, 0.15) is 25.0 Å². The molecular weight excluding hydrogens is 658 g/mol. The first-order valence-electron chi connectivity index (χ1n) is 17.2. The fraction of sp³-hybridized carbons (Fsp3) is 0.543. The maximum absolute atomic E-state index is 14.4. The van der Waals surface area contributed by atoms with Crippen LogP contribution in [0, 0.1) is 5.92 Å². The Labute approximate surface area is 290 Å². The maximum atomic E-state index is 14.4. The smallest absolute Gasteiger partial charge is 0.338 e. The molecule has 0 amide bonds. The summed E-state index contributed by atoms with van der Waals surface area (Å²) in [4.78, 5) is 31.9. The van der Waals surface area contributed by atoms with Crippen molar-refractivity contribution in [2.24, 2.45) is 5.92 Å². The lowest BCUT2D eigenvalue weighted by molar-refractivity contribution is -0.145. The Balaban J connectivity index is 1.50. The average Bonchev–Trinajstić information content (AvgIpc) is 3.50. The molecule has 1 fully saturated rings. The highest BCUT2D eigenvalue weighted by atomic mass is 28.3. The zero-order valence-corrected chi connectivity index (χ0v) is 31.6. The molecule has 1 aliphatic carbocycles. The zero-order chi connectivity index (χ0) is 35.2. The number of anilines is 1. The third-order valence-corrected chi connectivity index (χ3v) is 12.4. The van der Waals surface area contributed by atoms with Crippen LogP contribution < -0.4 is 4.90 Å². The van der Waals surface area contributed by atoms with E-state index in [9.17, 15) is 14.3 Å². The summed E-state index contributed by atoms with van der Waals surface area (Å²) in [6.45, 7) is 16.0. The number of carboxylic acids is 1. The third-order valence-electron chi connectivity index (χ3n) is 8.99. The monoisotopic (exact) mass is 707 g/mol. The van der Waals surface area contributed by atoms with Crippen molar-refractivity contribution in [3.8, 4) is 22.6 Å². The van der Waals surface area contributed by atoms with Crippen LogP contribution in [0.15, 0.2) is 49.1 Å². The quantitative estimate of drug-likeness (QED) is 0.0716. The second kappa shape index (κ2) is 16.0. The van der Waals surface area contributed by atoms with Crippen molar-refractivity contribution in [1.82, 2.24) is 29.5 Å². The summed E-state index contributed by atoms with van der Waals surface area (Å²) in [6.07, 6.45) is 7.40. The van der Waals surface area contributed by atoms with Gasteiger partial charge in [0.2, 0.25) is 0 Å². The highest BCUT2D eigenvalue weighted by Gasteiger charge is 2.33. The Hall–Kier alpha value is -3.60. The fourth-order valence-corrected chi connectivity index (χ4v) is 7.42. The van der Waals surface area contributed by atoms with Crippen LogP contribution in [0.3, 0.4) is 0 Å². The Kier molecular flexibility index (Phi) is 11.9. The molecule has 49 heavy (non-hydrogen) atoms. The molecule has 11 nitrogen and oxygen atoms in total. The molecule has 0 saturated heterocycles. The van der Waals surface area contributed by atoms with E-state index in [0.717, 1.165) is 34.7 Å². The lowest BCUT2D eigenvalue weighted by Gasteiger charge is -2.30. The number of ether oxygens (including phenoxy) is 2. The molecular formula is C35H50FN7O4Si2. The molecule has 1 unspecified atom stereocenters. The number of hydrogen-bond donors (Lipinski definition) is 1. The van der Waals surface area contributed by atoms with Gasteiger partial charge in [-0.1, -0.05) is 45.3 Å². The molecule has 0 bridgehead atoms. The van der Waals surface area contributed by atoms with E-state index in [0.29, 0.717) is 69.5 Å². The van der Waals surface area contributed by atoms with Crippen molar-refractivity contribution < 1.29 is 23.8 Å². The molecule has 4 heterocycles. The van der Waals surface area contributed by atoms with Crippen LogP contribution in [0.25, 0.3) is 28.3 Å². The lowest BCUT2D eigenvalue weighted by atomic mass is 9.78. The van der Waals surface area contributed by atoms with Crippen molar-refractivity contribution in [2.45, 2.75) is 89.1 Å². The van der Waals surface area contributed by atoms with Crippen LogP contribution >= 0.6 is 0 Å². The van der Waals surface area contributed by atoms with Gasteiger partial charge in [0, 0.05) is 82.7 Å². The highest BCUT2D eigenvalue weighted by Crippen LogP contribution is 2.39. The number of aliphatic carboxylic acids is 1. The summed E-state index contributed by atoms with van der Waals surface area (Å²) in [5, 5.41) is 14.1. The molecule has 1 atom stereocenters. The number of halogens is 1. The number of hydrogen-bond acceptors (Lipinski definition) is 9. The maximum Gasteiger partial charge on any atom is 0.338 e. The molecule has 14 heteroatoms. The third kappa shape index (κ3) is 9.99. The van der Waals surface area contributed by atoms with Gasteiger partial charge in [0.05, 0.1) is 6.20 Å². The molecule has 264 valence electrons. The van der Waals surface area contributed by atoms with Crippen LogP contribution in [0.2, 0.25) is 51.4 Å². The van der Waals surface area contributed by atoms with Crippen molar-refractivity contribution in [1.29, 1.82) is 0 Å². The Morgan fingerprint density at radius 2 is 1.59 bits per heavy atom. The second-order valence-corrected chi connectivity index (χ2v) is 26.7. The first-order chi connectivity index (χ1) is 23.3. The van der Waals surface area contributed by atoms with E-state index < -0.39 is 34.2 Å². The van der Waals surface area contributed by atoms with Crippen molar-refractivity contribution in [3.05, 3.63) is 54.7 Å². The van der Waals surface area contributed by atoms with E-state index in [1.165, 1.54) is 0 Å². The van der Waals surface area contributed by atoms with E-state index >= 15 is 0 Å². The lowest BCUT2D eigenvalue weighted by Crippen LogP contribution is -2.33. The molecule has 1 aliphatic rings. The minimum Gasteiger partial charge on any atom is -0.479 e. The van der Waals surface area contributed by atoms with Gasteiger partial charge in [0.25, 0.3) is 0 Å². The van der Waals surface area contributed by atoms with Gasteiger partial charge in [0.15, 0.2) is 17.6 Å². The minimum absolute atomic E-state index is 0.0435. The fourth-order valence-electron chi connectivity index (χ4n) is 5.91. The average molecular weight is 708 g/mol. The Morgan fingerprint density at radius 1 is 0.959 bits per heavy atom. The normalized spacial score (nSPS) is 17.7. The van der Waals surface area contributed by atoms with E-state index in [1.807, 2.05) is 16.6 Å². The van der Waals surface area contributed by atoms with Gasteiger partial charge >= 0.3 is 5.97 Å². The van der Waals surface area contributed by atoms with Crippen LogP contribution in [0.1, 0.15) is 37.3 Å². The molecule has 1 saturated carbocycles. The first kappa shape index (κ1) is 36.7. The Morgan fingerprint density at radius 3 is 2.14 bits per heavy atom. The largest absolute Gasteiger partial charge is 0.479 e. The number of pyridine rings is 1. The first-order valence-corrected chi connectivity index (χ1v) is 24.6. The van der Waals surface area contributed by atoms with Crippen molar-refractivity contribution >= 4 is 33.6 Å². The predicted molar refractivity (Wildman–Crippen MR) is 195 cm³/mol. The SMILES string of the molecule is C[Si](C)(C)CCOCN(COCC[Si](C)(C)C)c1cc(C2CCC(C(F)C(=O)O)CC2)nc2c(-c3ccc(-c4ncccn4)nc3)cnn12. The number of rotatable bonds is 16. The van der Waals surface area contributed by atoms with Crippen LogP contribution in [0.5, 0.6) is 0 Å².